The maximum Gasteiger partial charge on any atom is 0.228 e. The van der Waals surface area contributed by atoms with Crippen LogP contribution in [0.5, 0.6) is 0 Å². The minimum atomic E-state index is -0.460. The summed E-state index contributed by atoms with van der Waals surface area (Å²) in [4.78, 5) is 35.2. The number of nitriles is 1. The fourth-order valence-electron chi connectivity index (χ4n) is 5.08. The monoisotopic (exact) mass is 582 g/mol. The van der Waals surface area contributed by atoms with Crippen LogP contribution < -0.4 is 4.90 Å². The van der Waals surface area contributed by atoms with Gasteiger partial charge in [-0.3, -0.25) is 19.2 Å². The van der Waals surface area contributed by atoms with Gasteiger partial charge in [-0.1, -0.05) is 18.3 Å². The van der Waals surface area contributed by atoms with Crippen molar-refractivity contribution in [2.45, 2.75) is 32.3 Å². The van der Waals surface area contributed by atoms with Crippen molar-refractivity contribution in [1.82, 2.24) is 29.2 Å². The molecule has 4 aromatic heterocycles. The largest absolute Gasteiger partial charge is 0.391 e. The third kappa shape index (κ3) is 5.20. The molecule has 1 aliphatic heterocycles. The van der Waals surface area contributed by atoms with Gasteiger partial charge in [-0.2, -0.15) is 5.26 Å². The number of β-amino-alcohol motifs (C(OH)–C–C–N with tert-alkyl or cyclic N) is 1. The third-order valence-electron chi connectivity index (χ3n) is 7.29. The summed E-state index contributed by atoms with van der Waals surface area (Å²) in [5.41, 5.74) is 4.80. The minimum Gasteiger partial charge on any atom is -0.391 e. The van der Waals surface area contributed by atoms with Crippen molar-refractivity contribution < 1.29 is 14.3 Å². The molecule has 0 aliphatic carbocycles. The molecule has 0 radical (unpaired) electrons. The number of hydrogen-bond acceptors (Lipinski definition) is 9. The van der Waals surface area contributed by atoms with Crippen molar-refractivity contribution in [3.05, 3.63) is 77.1 Å². The van der Waals surface area contributed by atoms with Crippen LogP contribution in [-0.2, 0) is 17.6 Å². The van der Waals surface area contributed by atoms with E-state index in [9.17, 15) is 19.6 Å². The number of aliphatic hydroxyl groups excluding tert-OH is 1. The van der Waals surface area contributed by atoms with E-state index in [1.165, 1.54) is 23.5 Å². The van der Waals surface area contributed by atoms with Gasteiger partial charge in [0.05, 0.1) is 35.8 Å². The van der Waals surface area contributed by atoms with Crippen molar-refractivity contribution in [2.24, 2.45) is 0 Å². The number of rotatable bonds is 7. The second-order valence-electron chi connectivity index (χ2n) is 10.1. The Labute approximate surface area is 245 Å². The Morgan fingerprint density at radius 3 is 2.62 bits per heavy atom. The van der Waals surface area contributed by atoms with E-state index in [0.29, 0.717) is 58.6 Å². The summed E-state index contributed by atoms with van der Waals surface area (Å²) in [7, 11) is 1.88. The van der Waals surface area contributed by atoms with Gasteiger partial charge in [0.25, 0.3) is 0 Å². The zero-order chi connectivity index (χ0) is 29.4. The molecule has 0 spiro atoms. The fraction of sp³-hybridized carbons (Fsp3) is 0.267. The third-order valence-corrected chi connectivity index (χ3v) is 8.32. The van der Waals surface area contributed by atoms with E-state index in [4.69, 9.17) is 9.97 Å². The highest BCUT2D eigenvalue weighted by Crippen LogP contribution is 2.37. The molecule has 0 bridgehead atoms. The summed E-state index contributed by atoms with van der Waals surface area (Å²) in [5, 5.41) is 20.1. The Bertz CT molecular complexity index is 1810. The molecule has 0 saturated carbocycles. The quantitative estimate of drug-likeness (QED) is 0.300. The number of aromatic nitrogens is 5. The average Bonchev–Trinajstić information content (AvgIpc) is 3.73. The van der Waals surface area contributed by atoms with Crippen LogP contribution in [0.4, 0.5) is 15.3 Å². The van der Waals surface area contributed by atoms with Crippen LogP contribution in [-0.4, -0.2) is 66.5 Å². The molecule has 5 aromatic rings. The van der Waals surface area contributed by atoms with Crippen molar-refractivity contribution in [1.29, 1.82) is 5.26 Å². The Morgan fingerprint density at radius 1 is 1.17 bits per heavy atom. The number of halogens is 1. The molecule has 42 heavy (non-hydrogen) atoms. The number of amides is 1. The lowest BCUT2D eigenvalue weighted by Crippen LogP contribution is -2.31. The summed E-state index contributed by atoms with van der Waals surface area (Å²) in [6.07, 6.45) is 6.15. The molecule has 12 heteroatoms. The SMILES string of the molecule is CCc1nc2ccc(-c3cnc(CC(=O)N4CC[C@@H](O)C4)cn3)cn2c1N(C)c1nc(-c2ccc(F)cc2)c(C#N)s1. The maximum absolute atomic E-state index is 13.5. The molecular formula is C30H27FN8O2S. The van der Waals surface area contributed by atoms with Crippen LogP contribution in [0.3, 0.4) is 0 Å². The second kappa shape index (κ2) is 11.3. The highest BCUT2D eigenvalue weighted by molar-refractivity contribution is 7.16. The number of aliphatic hydroxyl groups is 1. The number of likely N-dealkylation sites (tertiary alicyclic amines) is 1. The van der Waals surface area contributed by atoms with E-state index in [2.05, 4.69) is 16.0 Å². The number of nitrogens with zero attached hydrogens (tertiary/aromatic N) is 8. The van der Waals surface area contributed by atoms with Crippen molar-refractivity contribution in [3.8, 4) is 28.6 Å². The molecule has 1 saturated heterocycles. The van der Waals surface area contributed by atoms with E-state index in [-0.39, 0.29) is 18.1 Å². The van der Waals surface area contributed by atoms with Gasteiger partial charge in [-0.05, 0) is 49.2 Å². The predicted molar refractivity (Wildman–Crippen MR) is 157 cm³/mol. The highest BCUT2D eigenvalue weighted by atomic mass is 32.1. The molecule has 1 N–H and O–H groups in total. The Kier molecular flexibility index (Phi) is 7.36. The number of thiazole rings is 1. The molecule has 1 fully saturated rings. The molecule has 0 unspecified atom stereocenters. The Hall–Kier alpha value is -4.73. The number of benzene rings is 1. The van der Waals surface area contributed by atoms with Gasteiger partial charge in [0.1, 0.15) is 33.9 Å². The molecule has 1 amide bonds. The van der Waals surface area contributed by atoms with Crippen LogP contribution >= 0.6 is 11.3 Å². The molecule has 5 heterocycles. The smallest absolute Gasteiger partial charge is 0.228 e. The van der Waals surface area contributed by atoms with Crippen LogP contribution in [0.2, 0.25) is 0 Å². The van der Waals surface area contributed by atoms with Gasteiger partial charge in [-0.15, -0.1) is 0 Å². The Balaban J connectivity index is 1.30. The van der Waals surface area contributed by atoms with Crippen LogP contribution in [0.1, 0.15) is 29.6 Å². The van der Waals surface area contributed by atoms with Gasteiger partial charge in [0.15, 0.2) is 5.13 Å². The van der Waals surface area contributed by atoms with E-state index in [0.717, 1.165) is 22.7 Å². The van der Waals surface area contributed by atoms with E-state index >= 15 is 0 Å². The fourth-order valence-corrected chi connectivity index (χ4v) is 5.93. The lowest BCUT2D eigenvalue weighted by molar-refractivity contribution is -0.129. The number of aryl methyl sites for hydroxylation is 1. The summed E-state index contributed by atoms with van der Waals surface area (Å²) >= 11 is 1.26. The molecule has 1 aliphatic rings. The second-order valence-corrected chi connectivity index (χ2v) is 11.1. The average molecular weight is 583 g/mol. The maximum atomic E-state index is 13.5. The first kappa shape index (κ1) is 27.4. The van der Waals surface area contributed by atoms with Crippen molar-refractivity contribution in [2.75, 3.05) is 25.0 Å². The van der Waals surface area contributed by atoms with Crippen LogP contribution in [0.25, 0.3) is 28.2 Å². The molecule has 10 nitrogen and oxygen atoms in total. The number of anilines is 2. The van der Waals surface area contributed by atoms with E-state index in [1.807, 2.05) is 41.6 Å². The lowest BCUT2D eigenvalue weighted by atomic mass is 10.1. The van der Waals surface area contributed by atoms with Crippen molar-refractivity contribution in [3.63, 3.8) is 0 Å². The summed E-state index contributed by atoms with van der Waals surface area (Å²) in [5.74, 6) is 0.383. The molecule has 1 aromatic carbocycles. The molecular weight excluding hydrogens is 555 g/mol. The highest BCUT2D eigenvalue weighted by Gasteiger charge is 2.25. The number of hydrogen-bond donors (Lipinski definition) is 1. The summed E-state index contributed by atoms with van der Waals surface area (Å²) in [6.45, 7) is 2.94. The molecule has 1 atom stereocenters. The number of carbonyl (C=O) groups excluding carboxylic acids is 1. The topological polar surface area (TPSA) is 124 Å². The zero-order valence-corrected chi connectivity index (χ0v) is 23.8. The standard InChI is InChI=1S/C30H27FN8O2S/c1-3-23-29(37(2)30-36-28(25(13-32)42-30)18-4-7-20(31)8-5-18)39-16-19(6-9-26(39)35-23)24-15-33-21(14-34-24)12-27(41)38-11-10-22(40)17-38/h4-9,14-16,22,40H,3,10-12,17H2,1-2H3/t22-/m1/s1. The summed E-state index contributed by atoms with van der Waals surface area (Å²) < 4.78 is 15.5. The number of fused-ring (bicyclic) bond motifs is 1. The Morgan fingerprint density at radius 2 is 1.95 bits per heavy atom. The zero-order valence-electron chi connectivity index (χ0n) is 23.0. The van der Waals surface area contributed by atoms with Gasteiger partial charge >= 0.3 is 0 Å². The normalized spacial score (nSPS) is 14.8. The van der Waals surface area contributed by atoms with Gasteiger partial charge in [-0.25, -0.2) is 14.4 Å². The van der Waals surface area contributed by atoms with Gasteiger partial charge < -0.3 is 14.9 Å². The molecule has 6 rings (SSSR count). The minimum absolute atomic E-state index is 0.0717. The van der Waals surface area contributed by atoms with Gasteiger partial charge in [0, 0.05) is 43.7 Å². The van der Waals surface area contributed by atoms with E-state index in [1.54, 1.807) is 29.4 Å². The van der Waals surface area contributed by atoms with Gasteiger partial charge in [0.2, 0.25) is 5.91 Å². The molecule has 212 valence electrons. The van der Waals surface area contributed by atoms with E-state index < -0.39 is 6.10 Å². The number of imidazole rings is 1. The first-order valence-corrected chi connectivity index (χ1v) is 14.3. The summed E-state index contributed by atoms with van der Waals surface area (Å²) in [6, 6.07) is 12.0. The van der Waals surface area contributed by atoms with Crippen LogP contribution in [0, 0.1) is 17.1 Å². The first-order chi connectivity index (χ1) is 20.3. The van der Waals surface area contributed by atoms with Crippen LogP contribution in [0.15, 0.2) is 55.0 Å². The predicted octanol–water partition coefficient (Wildman–Crippen LogP) is 4.39. The number of carbonyl (C=O) groups is 1. The first-order valence-electron chi connectivity index (χ1n) is 13.5. The number of pyridine rings is 1. The van der Waals surface area contributed by atoms with Crippen molar-refractivity contribution >= 4 is 33.8 Å². The lowest BCUT2D eigenvalue weighted by Gasteiger charge is -2.17.